The molecule has 0 saturated heterocycles. The summed E-state index contributed by atoms with van der Waals surface area (Å²) in [7, 11) is 0. The summed E-state index contributed by atoms with van der Waals surface area (Å²) in [5.41, 5.74) is 8.29. The Morgan fingerprint density at radius 3 is 2.61 bits per heavy atom. The van der Waals surface area contributed by atoms with E-state index in [0.717, 1.165) is 16.8 Å². The lowest BCUT2D eigenvalue weighted by atomic mass is 10.1. The molecule has 0 spiro atoms. The van der Waals surface area contributed by atoms with Crippen molar-refractivity contribution in [3.63, 3.8) is 0 Å². The van der Waals surface area contributed by atoms with Crippen LogP contribution in [-0.2, 0) is 4.74 Å². The van der Waals surface area contributed by atoms with Crippen LogP contribution in [0, 0.1) is 13.8 Å². The zero-order chi connectivity index (χ0) is 13.7. The molecule has 5 nitrogen and oxygen atoms in total. The Morgan fingerprint density at radius 2 is 2.06 bits per heavy atom. The molecule has 18 heavy (non-hydrogen) atoms. The maximum absolute atomic E-state index is 5.73. The maximum atomic E-state index is 5.73. The smallest absolute Gasteiger partial charge is 0.159 e. The van der Waals surface area contributed by atoms with E-state index in [0.29, 0.717) is 24.0 Å². The molecule has 0 unspecified atom stereocenters. The summed E-state index contributed by atoms with van der Waals surface area (Å²) in [5, 5.41) is 11.3. The van der Waals surface area contributed by atoms with Gasteiger partial charge in [-0.05, 0) is 33.3 Å². The first-order valence-corrected chi connectivity index (χ1v) is 6.33. The Hall–Kier alpha value is -1.27. The van der Waals surface area contributed by atoms with E-state index in [-0.39, 0.29) is 6.10 Å². The van der Waals surface area contributed by atoms with Gasteiger partial charge in [0.2, 0.25) is 0 Å². The van der Waals surface area contributed by atoms with Gasteiger partial charge in [-0.2, -0.15) is 5.10 Å². The largest absolute Gasteiger partial charge is 0.389 e. The lowest BCUT2D eigenvalue weighted by Gasteiger charge is -2.13. The second kappa shape index (κ2) is 6.61. The number of anilines is 1. The topological polar surface area (TPSA) is 73.1 Å². The highest BCUT2D eigenvalue weighted by Gasteiger charge is 2.13. The number of hydrogen-bond acceptors (Lipinski definition) is 5. The summed E-state index contributed by atoms with van der Waals surface area (Å²) in [6, 6.07) is 0. The van der Waals surface area contributed by atoms with Crippen LogP contribution in [-0.4, -0.2) is 34.4 Å². The van der Waals surface area contributed by atoms with Crippen LogP contribution >= 0.6 is 12.2 Å². The molecular weight excluding hydrogens is 248 g/mol. The molecule has 0 radical (unpaired) electrons. The molecule has 1 heterocycles. The minimum absolute atomic E-state index is 0.215. The molecule has 0 bridgehead atoms. The van der Waals surface area contributed by atoms with Crippen molar-refractivity contribution in [3.8, 4) is 0 Å². The fourth-order valence-electron chi connectivity index (χ4n) is 1.50. The van der Waals surface area contributed by atoms with Gasteiger partial charge in [-0.1, -0.05) is 12.2 Å². The average molecular weight is 268 g/mol. The SMILES string of the molecule is Cc1nnc(NCCOC(C)C)c(C(N)=S)c1C. The highest BCUT2D eigenvalue weighted by Crippen LogP contribution is 2.17. The van der Waals surface area contributed by atoms with Gasteiger partial charge < -0.3 is 15.8 Å². The van der Waals surface area contributed by atoms with Gasteiger partial charge in [0, 0.05) is 6.54 Å². The average Bonchev–Trinajstić information content (AvgIpc) is 2.28. The molecule has 1 rings (SSSR count). The van der Waals surface area contributed by atoms with Crippen LogP contribution in [0.4, 0.5) is 5.82 Å². The van der Waals surface area contributed by atoms with Gasteiger partial charge in [0.1, 0.15) is 4.99 Å². The third-order valence-electron chi connectivity index (χ3n) is 2.55. The molecule has 100 valence electrons. The third kappa shape index (κ3) is 3.89. The summed E-state index contributed by atoms with van der Waals surface area (Å²) in [5.74, 6) is 0.623. The molecule has 6 heteroatoms. The molecule has 0 saturated carbocycles. The minimum Gasteiger partial charge on any atom is -0.389 e. The van der Waals surface area contributed by atoms with Gasteiger partial charge in [0.15, 0.2) is 5.82 Å². The quantitative estimate of drug-likeness (QED) is 0.602. The van der Waals surface area contributed by atoms with Gasteiger partial charge in [-0.25, -0.2) is 0 Å². The molecule has 0 amide bonds. The monoisotopic (exact) mass is 268 g/mol. The van der Waals surface area contributed by atoms with Crippen LogP contribution < -0.4 is 11.1 Å². The highest BCUT2D eigenvalue weighted by molar-refractivity contribution is 7.80. The summed E-state index contributed by atoms with van der Waals surface area (Å²) in [6.07, 6.45) is 0.215. The van der Waals surface area contributed by atoms with Crippen molar-refractivity contribution in [2.45, 2.75) is 33.8 Å². The van der Waals surface area contributed by atoms with Crippen molar-refractivity contribution in [1.29, 1.82) is 0 Å². The number of hydrogen-bond donors (Lipinski definition) is 2. The third-order valence-corrected chi connectivity index (χ3v) is 2.75. The maximum Gasteiger partial charge on any atom is 0.159 e. The minimum atomic E-state index is 0.215. The van der Waals surface area contributed by atoms with E-state index < -0.39 is 0 Å². The molecule has 1 aromatic rings. The molecule has 0 aliphatic heterocycles. The molecule has 0 atom stereocenters. The van der Waals surface area contributed by atoms with E-state index in [2.05, 4.69) is 15.5 Å². The zero-order valence-corrected chi connectivity index (χ0v) is 12.1. The number of nitrogens with one attached hydrogen (secondary N) is 1. The van der Waals surface area contributed by atoms with Crippen molar-refractivity contribution in [1.82, 2.24) is 10.2 Å². The van der Waals surface area contributed by atoms with Gasteiger partial charge >= 0.3 is 0 Å². The predicted molar refractivity (Wildman–Crippen MR) is 77.0 cm³/mol. The van der Waals surface area contributed by atoms with Crippen molar-refractivity contribution in [2.24, 2.45) is 5.73 Å². The highest BCUT2D eigenvalue weighted by atomic mass is 32.1. The lowest BCUT2D eigenvalue weighted by molar-refractivity contribution is 0.0870. The normalized spacial score (nSPS) is 10.7. The van der Waals surface area contributed by atoms with E-state index in [1.807, 2.05) is 27.7 Å². The molecule has 0 aliphatic carbocycles. The van der Waals surface area contributed by atoms with Gasteiger partial charge in [-0.15, -0.1) is 5.10 Å². The zero-order valence-electron chi connectivity index (χ0n) is 11.3. The summed E-state index contributed by atoms with van der Waals surface area (Å²) in [4.78, 5) is 0.331. The first-order chi connectivity index (χ1) is 8.43. The van der Waals surface area contributed by atoms with E-state index in [1.165, 1.54) is 0 Å². The van der Waals surface area contributed by atoms with Crippen LogP contribution in [0.1, 0.15) is 30.7 Å². The number of aryl methyl sites for hydroxylation is 1. The second-order valence-corrected chi connectivity index (χ2v) is 4.78. The fraction of sp³-hybridized carbons (Fsp3) is 0.583. The summed E-state index contributed by atoms with van der Waals surface area (Å²) in [6.45, 7) is 9.06. The van der Waals surface area contributed by atoms with E-state index in [1.54, 1.807) is 0 Å². The molecule has 0 fully saturated rings. The first kappa shape index (κ1) is 14.8. The number of nitrogens with two attached hydrogens (primary N) is 1. The molecular formula is C12H20N4OS. The number of nitrogens with zero attached hydrogens (tertiary/aromatic N) is 2. The predicted octanol–water partition coefficient (Wildman–Crippen LogP) is 1.56. The van der Waals surface area contributed by atoms with Crippen molar-refractivity contribution >= 4 is 23.0 Å². The van der Waals surface area contributed by atoms with Gasteiger partial charge in [0.05, 0.1) is 24.0 Å². The Kier molecular flexibility index (Phi) is 5.43. The van der Waals surface area contributed by atoms with Crippen LogP contribution in [0.25, 0.3) is 0 Å². The Bertz CT molecular complexity index is 434. The van der Waals surface area contributed by atoms with E-state index >= 15 is 0 Å². The second-order valence-electron chi connectivity index (χ2n) is 4.34. The first-order valence-electron chi connectivity index (χ1n) is 5.92. The Labute approximate surface area is 113 Å². The standard InChI is InChI=1S/C12H20N4OS/c1-7(2)17-6-5-14-12-10(11(13)18)8(3)9(4)15-16-12/h7H,5-6H2,1-4H3,(H2,13,18)(H,14,16). The number of thiocarbonyl (C=S) groups is 1. The van der Waals surface area contributed by atoms with Gasteiger partial charge in [-0.3, -0.25) is 0 Å². The number of ether oxygens (including phenoxy) is 1. The fourth-order valence-corrected chi connectivity index (χ4v) is 1.75. The summed E-state index contributed by atoms with van der Waals surface area (Å²) >= 11 is 5.06. The van der Waals surface area contributed by atoms with Crippen molar-refractivity contribution < 1.29 is 4.74 Å². The van der Waals surface area contributed by atoms with Crippen LogP contribution in [0.15, 0.2) is 0 Å². The molecule has 1 aromatic heterocycles. The van der Waals surface area contributed by atoms with Crippen molar-refractivity contribution in [3.05, 3.63) is 16.8 Å². The van der Waals surface area contributed by atoms with Crippen LogP contribution in [0.2, 0.25) is 0 Å². The van der Waals surface area contributed by atoms with E-state index in [9.17, 15) is 0 Å². The van der Waals surface area contributed by atoms with E-state index in [4.69, 9.17) is 22.7 Å². The van der Waals surface area contributed by atoms with Crippen molar-refractivity contribution in [2.75, 3.05) is 18.5 Å². The summed E-state index contributed by atoms with van der Waals surface area (Å²) < 4.78 is 5.44. The van der Waals surface area contributed by atoms with Gasteiger partial charge in [0.25, 0.3) is 0 Å². The number of rotatable bonds is 6. The molecule has 3 N–H and O–H groups in total. The Balaban J connectivity index is 2.76. The molecule has 0 aromatic carbocycles. The molecule has 0 aliphatic rings. The Morgan fingerprint density at radius 1 is 1.39 bits per heavy atom. The van der Waals surface area contributed by atoms with Crippen LogP contribution in [0.5, 0.6) is 0 Å². The lowest BCUT2D eigenvalue weighted by Crippen LogP contribution is -2.20. The van der Waals surface area contributed by atoms with Crippen LogP contribution in [0.3, 0.4) is 0 Å². The number of aromatic nitrogens is 2.